The van der Waals surface area contributed by atoms with E-state index in [1.165, 1.54) is 5.56 Å². The van der Waals surface area contributed by atoms with Crippen LogP contribution in [-0.2, 0) is 4.79 Å². The first-order valence-corrected chi connectivity index (χ1v) is 8.29. The van der Waals surface area contributed by atoms with Crippen LogP contribution in [0.15, 0.2) is 36.0 Å². The fraction of sp³-hybridized carbons (Fsp3) is 0.235. The molecule has 1 N–H and O–H groups in total. The molecule has 3 aromatic heterocycles. The van der Waals surface area contributed by atoms with Crippen molar-refractivity contribution >= 4 is 40.0 Å². The first kappa shape index (κ1) is 15.4. The lowest BCUT2D eigenvalue weighted by Gasteiger charge is -2.06. The molecule has 23 heavy (non-hydrogen) atoms. The Morgan fingerprint density at radius 1 is 1.39 bits per heavy atom. The van der Waals surface area contributed by atoms with Crippen LogP contribution in [0.25, 0.3) is 17.1 Å². The second-order valence-corrected chi connectivity index (χ2v) is 6.56. The van der Waals surface area contributed by atoms with E-state index in [2.05, 4.69) is 29.2 Å². The number of carbonyl (C=O) groups is 1. The lowest BCUT2D eigenvalue weighted by Crippen LogP contribution is -2.08. The van der Waals surface area contributed by atoms with Gasteiger partial charge in [-0.2, -0.15) is 5.10 Å². The summed E-state index contributed by atoms with van der Waals surface area (Å²) in [6, 6.07) is 4.17. The van der Waals surface area contributed by atoms with Gasteiger partial charge in [0.15, 0.2) is 5.65 Å². The quantitative estimate of drug-likeness (QED) is 0.736. The van der Waals surface area contributed by atoms with Crippen molar-refractivity contribution in [3.63, 3.8) is 0 Å². The fourth-order valence-corrected chi connectivity index (χ4v) is 3.10. The Labute approximate surface area is 138 Å². The molecule has 0 fully saturated rings. The maximum Gasteiger partial charge on any atom is 0.248 e. The summed E-state index contributed by atoms with van der Waals surface area (Å²) in [6.07, 6.45) is 6.80. The number of carbonyl (C=O) groups excluding carboxylic acids is 1. The average Bonchev–Trinajstić information content (AvgIpc) is 3.10. The summed E-state index contributed by atoms with van der Waals surface area (Å²) in [5, 5.41) is 10.1. The van der Waals surface area contributed by atoms with Crippen LogP contribution in [0, 0.1) is 6.92 Å². The van der Waals surface area contributed by atoms with Crippen molar-refractivity contribution in [2.45, 2.75) is 26.8 Å². The lowest BCUT2D eigenvalue weighted by molar-refractivity contribution is -0.111. The van der Waals surface area contributed by atoms with Gasteiger partial charge < -0.3 is 5.32 Å². The number of nitrogens with one attached hydrogen (secondary N) is 1. The SMILES string of the molecule is Cc1ccsc1/C=C/C(=O)Nc1cnc2c(cnn2C(C)C)c1. The topological polar surface area (TPSA) is 59.8 Å². The molecule has 0 atom stereocenters. The molecule has 0 aliphatic carbocycles. The number of aryl methyl sites for hydroxylation is 1. The van der Waals surface area contributed by atoms with Crippen molar-refractivity contribution < 1.29 is 4.79 Å². The summed E-state index contributed by atoms with van der Waals surface area (Å²) >= 11 is 1.61. The standard InChI is InChI=1S/C17H18N4OS/c1-11(2)21-17-13(9-19-21)8-14(10-18-17)20-16(22)5-4-15-12(3)6-7-23-15/h4-11H,1-3H3,(H,20,22)/b5-4+. The van der Waals surface area contributed by atoms with E-state index in [1.807, 2.05) is 35.2 Å². The number of fused-ring (bicyclic) bond motifs is 1. The third-order valence-corrected chi connectivity index (χ3v) is 4.46. The van der Waals surface area contributed by atoms with Gasteiger partial charge in [-0.15, -0.1) is 11.3 Å². The minimum atomic E-state index is -0.171. The highest BCUT2D eigenvalue weighted by Gasteiger charge is 2.08. The van der Waals surface area contributed by atoms with E-state index in [9.17, 15) is 4.79 Å². The molecule has 0 radical (unpaired) electrons. The van der Waals surface area contributed by atoms with E-state index in [1.54, 1.807) is 29.8 Å². The Kier molecular flexibility index (Phi) is 4.25. The van der Waals surface area contributed by atoms with E-state index in [-0.39, 0.29) is 11.9 Å². The largest absolute Gasteiger partial charge is 0.321 e. The molecule has 0 spiro atoms. The summed E-state index contributed by atoms with van der Waals surface area (Å²) in [4.78, 5) is 17.5. The van der Waals surface area contributed by atoms with Gasteiger partial charge in [0.1, 0.15) is 0 Å². The maximum atomic E-state index is 12.0. The Bertz CT molecular complexity index is 876. The summed E-state index contributed by atoms with van der Waals surface area (Å²) in [6.45, 7) is 6.14. The zero-order valence-electron chi connectivity index (χ0n) is 13.3. The van der Waals surface area contributed by atoms with Gasteiger partial charge in [-0.3, -0.25) is 4.79 Å². The van der Waals surface area contributed by atoms with Gasteiger partial charge >= 0.3 is 0 Å². The molecule has 0 unspecified atom stereocenters. The van der Waals surface area contributed by atoms with Crippen LogP contribution < -0.4 is 5.32 Å². The minimum absolute atomic E-state index is 0.171. The Morgan fingerprint density at radius 2 is 2.22 bits per heavy atom. The number of hydrogen-bond donors (Lipinski definition) is 1. The molecule has 6 heteroatoms. The van der Waals surface area contributed by atoms with Gasteiger partial charge in [0.2, 0.25) is 5.91 Å². The Hall–Kier alpha value is -2.47. The average molecular weight is 326 g/mol. The molecule has 5 nitrogen and oxygen atoms in total. The van der Waals surface area contributed by atoms with Gasteiger partial charge in [-0.25, -0.2) is 9.67 Å². The maximum absolute atomic E-state index is 12.0. The third-order valence-electron chi connectivity index (χ3n) is 3.48. The van der Waals surface area contributed by atoms with E-state index in [0.29, 0.717) is 5.69 Å². The molecule has 0 saturated heterocycles. The van der Waals surface area contributed by atoms with E-state index in [4.69, 9.17) is 0 Å². The van der Waals surface area contributed by atoms with Crippen molar-refractivity contribution in [3.05, 3.63) is 46.4 Å². The predicted octanol–water partition coefficient (Wildman–Crippen LogP) is 4.03. The summed E-state index contributed by atoms with van der Waals surface area (Å²) in [7, 11) is 0. The van der Waals surface area contributed by atoms with Gasteiger partial charge in [-0.1, -0.05) is 0 Å². The van der Waals surface area contributed by atoms with E-state index < -0.39 is 0 Å². The van der Waals surface area contributed by atoms with Crippen LogP contribution in [-0.4, -0.2) is 20.7 Å². The van der Waals surface area contributed by atoms with Crippen molar-refractivity contribution in [2.75, 3.05) is 5.32 Å². The van der Waals surface area contributed by atoms with Crippen LogP contribution in [0.2, 0.25) is 0 Å². The molecule has 0 aliphatic rings. The fourth-order valence-electron chi connectivity index (χ4n) is 2.28. The number of rotatable bonds is 4. The number of aromatic nitrogens is 3. The van der Waals surface area contributed by atoms with Gasteiger partial charge in [-0.05, 0) is 49.9 Å². The molecule has 118 valence electrons. The van der Waals surface area contributed by atoms with Crippen molar-refractivity contribution in [2.24, 2.45) is 0 Å². The summed E-state index contributed by atoms with van der Waals surface area (Å²) in [5.41, 5.74) is 2.66. The number of thiophene rings is 1. The highest BCUT2D eigenvalue weighted by molar-refractivity contribution is 7.11. The highest BCUT2D eigenvalue weighted by Crippen LogP contribution is 2.20. The smallest absolute Gasteiger partial charge is 0.248 e. The highest BCUT2D eigenvalue weighted by atomic mass is 32.1. The predicted molar refractivity (Wildman–Crippen MR) is 94.6 cm³/mol. The molecule has 1 amide bonds. The van der Waals surface area contributed by atoms with Crippen LogP contribution in [0.5, 0.6) is 0 Å². The number of nitrogens with zero attached hydrogens (tertiary/aromatic N) is 3. The molecular formula is C17H18N4OS. The van der Waals surface area contributed by atoms with E-state index in [0.717, 1.165) is 15.9 Å². The lowest BCUT2D eigenvalue weighted by atomic mass is 10.2. The first-order valence-electron chi connectivity index (χ1n) is 7.41. The Balaban J connectivity index is 1.75. The van der Waals surface area contributed by atoms with E-state index >= 15 is 0 Å². The number of amides is 1. The molecular weight excluding hydrogens is 308 g/mol. The molecule has 0 saturated carbocycles. The zero-order chi connectivity index (χ0) is 16.4. The molecule has 0 aromatic carbocycles. The van der Waals surface area contributed by atoms with Crippen LogP contribution in [0.1, 0.15) is 30.3 Å². The molecule has 3 heterocycles. The molecule has 3 aromatic rings. The van der Waals surface area contributed by atoms with Crippen LogP contribution in [0.3, 0.4) is 0 Å². The minimum Gasteiger partial charge on any atom is -0.321 e. The summed E-state index contributed by atoms with van der Waals surface area (Å²) < 4.78 is 1.86. The molecule has 0 aliphatic heterocycles. The van der Waals surface area contributed by atoms with Crippen LogP contribution in [0.4, 0.5) is 5.69 Å². The van der Waals surface area contributed by atoms with Gasteiger partial charge in [0, 0.05) is 22.4 Å². The second-order valence-electron chi connectivity index (χ2n) is 5.61. The Morgan fingerprint density at radius 3 is 2.91 bits per heavy atom. The normalized spacial score (nSPS) is 11.7. The van der Waals surface area contributed by atoms with Crippen molar-refractivity contribution in [1.29, 1.82) is 0 Å². The second kappa shape index (κ2) is 6.34. The molecule has 0 bridgehead atoms. The first-order chi connectivity index (χ1) is 11.0. The summed E-state index contributed by atoms with van der Waals surface area (Å²) in [5.74, 6) is -0.171. The zero-order valence-corrected chi connectivity index (χ0v) is 14.1. The number of hydrogen-bond acceptors (Lipinski definition) is 4. The number of anilines is 1. The van der Waals surface area contributed by atoms with Gasteiger partial charge in [0.05, 0.1) is 18.1 Å². The third kappa shape index (κ3) is 3.32. The monoisotopic (exact) mass is 326 g/mol. The molecule has 3 rings (SSSR count). The van der Waals surface area contributed by atoms with Crippen molar-refractivity contribution in [1.82, 2.24) is 14.8 Å². The number of pyridine rings is 1. The van der Waals surface area contributed by atoms with Crippen LogP contribution >= 0.6 is 11.3 Å². The van der Waals surface area contributed by atoms with Crippen molar-refractivity contribution in [3.8, 4) is 0 Å². The van der Waals surface area contributed by atoms with Gasteiger partial charge in [0.25, 0.3) is 0 Å².